The van der Waals surface area contributed by atoms with Gasteiger partial charge >= 0.3 is 0 Å². The number of hydrogen-bond donors (Lipinski definition) is 2. The van der Waals surface area contributed by atoms with E-state index < -0.39 is 15.6 Å². The third-order valence-corrected chi connectivity index (χ3v) is 5.41. The summed E-state index contributed by atoms with van der Waals surface area (Å²) in [4.78, 5) is 0.318. The number of sulfonamides is 1. The summed E-state index contributed by atoms with van der Waals surface area (Å²) in [5.74, 6) is 0. The van der Waals surface area contributed by atoms with Crippen molar-refractivity contribution in [1.29, 1.82) is 0 Å². The Bertz CT molecular complexity index is 578. The highest BCUT2D eigenvalue weighted by Gasteiger charge is 2.27. The molecule has 0 amide bonds. The van der Waals surface area contributed by atoms with Crippen molar-refractivity contribution in [2.45, 2.75) is 64.3 Å². The number of hydrogen-bond acceptors (Lipinski definition) is 3. The summed E-state index contributed by atoms with van der Waals surface area (Å²) in [7, 11) is -3.56. The van der Waals surface area contributed by atoms with Crippen molar-refractivity contribution in [3.63, 3.8) is 0 Å². The molecule has 0 spiro atoms. The maximum atomic E-state index is 12.6. The largest absolute Gasteiger partial charge is 0.398 e. The fourth-order valence-corrected chi connectivity index (χ4v) is 3.91. The van der Waals surface area contributed by atoms with Gasteiger partial charge in [0.15, 0.2) is 0 Å². The molecule has 1 aromatic rings. The van der Waals surface area contributed by atoms with Crippen molar-refractivity contribution in [2.75, 3.05) is 5.73 Å². The zero-order valence-corrected chi connectivity index (χ0v) is 13.9. The standard InChI is InChI=1S/C15H26N2O2S/c1-6-11-9-13(16)12(7-2)14(10-11)20(18,19)17-15(4,5)8-3/h9-10,17H,6-8,16H2,1-5H3. The molecule has 0 fully saturated rings. The van der Waals surface area contributed by atoms with Crippen LogP contribution in [-0.4, -0.2) is 14.0 Å². The van der Waals surface area contributed by atoms with Crippen molar-refractivity contribution in [1.82, 2.24) is 4.72 Å². The summed E-state index contributed by atoms with van der Waals surface area (Å²) in [6.07, 6.45) is 2.07. The molecular weight excluding hydrogens is 272 g/mol. The van der Waals surface area contributed by atoms with E-state index in [4.69, 9.17) is 5.73 Å². The number of benzene rings is 1. The third-order valence-electron chi connectivity index (χ3n) is 3.65. The Morgan fingerprint density at radius 2 is 1.75 bits per heavy atom. The monoisotopic (exact) mass is 298 g/mol. The molecule has 0 saturated carbocycles. The summed E-state index contributed by atoms with van der Waals surface area (Å²) >= 11 is 0. The van der Waals surface area contributed by atoms with Gasteiger partial charge in [-0.05, 0) is 56.4 Å². The highest BCUT2D eigenvalue weighted by atomic mass is 32.2. The van der Waals surface area contributed by atoms with E-state index in [0.29, 0.717) is 22.6 Å². The summed E-state index contributed by atoms with van der Waals surface area (Å²) in [6, 6.07) is 3.60. The molecule has 0 aliphatic heterocycles. The quantitative estimate of drug-likeness (QED) is 0.793. The first-order chi connectivity index (χ1) is 9.16. The van der Waals surface area contributed by atoms with Gasteiger partial charge in [-0.1, -0.05) is 20.8 Å². The van der Waals surface area contributed by atoms with Gasteiger partial charge in [0.2, 0.25) is 10.0 Å². The van der Waals surface area contributed by atoms with Crippen molar-refractivity contribution in [3.8, 4) is 0 Å². The van der Waals surface area contributed by atoms with Gasteiger partial charge < -0.3 is 5.73 Å². The van der Waals surface area contributed by atoms with Gasteiger partial charge in [-0.3, -0.25) is 0 Å². The zero-order valence-electron chi connectivity index (χ0n) is 13.1. The van der Waals surface area contributed by atoms with Crippen molar-refractivity contribution < 1.29 is 8.42 Å². The first-order valence-corrected chi connectivity index (χ1v) is 8.60. The van der Waals surface area contributed by atoms with Gasteiger partial charge in [-0.25, -0.2) is 13.1 Å². The normalized spacial score (nSPS) is 12.7. The molecule has 1 rings (SSSR count). The van der Waals surface area contributed by atoms with Crippen LogP contribution in [0.1, 0.15) is 52.2 Å². The fraction of sp³-hybridized carbons (Fsp3) is 0.600. The van der Waals surface area contributed by atoms with Crippen LogP contribution >= 0.6 is 0 Å². The van der Waals surface area contributed by atoms with Gasteiger partial charge in [0, 0.05) is 11.2 Å². The maximum Gasteiger partial charge on any atom is 0.241 e. The number of nitrogens with two attached hydrogens (primary N) is 1. The summed E-state index contributed by atoms with van der Waals surface area (Å²) in [5.41, 5.74) is 7.73. The smallest absolute Gasteiger partial charge is 0.241 e. The lowest BCUT2D eigenvalue weighted by Gasteiger charge is -2.25. The molecule has 0 saturated heterocycles. The second-order valence-corrected chi connectivity index (χ2v) is 7.36. The van der Waals surface area contributed by atoms with Crippen LogP contribution in [0.25, 0.3) is 0 Å². The van der Waals surface area contributed by atoms with Crippen molar-refractivity contribution >= 4 is 15.7 Å². The minimum absolute atomic E-state index is 0.318. The van der Waals surface area contributed by atoms with Crippen LogP contribution in [0.5, 0.6) is 0 Å². The van der Waals surface area contributed by atoms with Gasteiger partial charge in [0.1, 0.15) is 0 Å². The average molecular weight is 298 g/mol. The fourth-order valence-electron chi connectivity index (χ4n) is 2.04. The van der Waals surface area contributed by atoms with Gasteiger partial charge in [0.25, 0.3) is 0 Å². The number of nitrogens with one attached hydrogen (secondary N) is 1. The molecule has 0 atom stereocenters. The van der Waals surface area contributed by atoms with Crippen LogP contribution in [0.2, 0.25) is 0 Å². The zero-order chi connectivity index (χ0) is 15.6. The summed E-state index contributed by atoms with van der Waals surface area (Å²) in [5, 5.41) is 0. The molecule has 3 N–H and O–H groups in total. The molecule has 0 radical (unpaired) electrons. The predicted molar refractivity (Wildman–Crippen MR) is 84.3 cm³/mol. The first kappa shape index (κ1) is 17.0. The Kier molecular flexibility index (Phi) is 5.21. The van der Waals surface area contributed by atoms with E-state index in [1.807, 2.05) is 40.7 Å². The van der Waals surface area contributed by atoms with Crippen molar-refractivity contribution in [3.05, 3.63) is 23.3 Å². The molecule has 0 bridgehead atoms. The van der Waals surface area contributed by atoms with Crippen LogP contribution in [0.3, 0.4) is 0 Å². The summed E-state index contributed by atoms with van der Waals surface area (Å²) in [6.45, 7) is 9.62. The number of anilines is 1. The number of nitrogen functional groups attached to an aromatic ring is 1. The minimum atomic E-state index is -3.56. The van der Waals surface area contributed by atoms with Gasteiger partial charge in [-0.15, -0.1) is 0 Å². The van der Waals surface area contributed by atoms with Crippen LogP contribution in [0, 0.1) is 0 Å². The molecule has 20 heavy (non-hydrogen) atoms. The van der Waals surface area contributed by atoms with Crippen LogP contribution in [0.15, 0.2) is 17.0 Å². The topological polar surface area (TPSA) is 72.2 Å². The molecule has 0 aliphatic carbocycles. The van der Waals surface area contributed by atoms with Gasteiger partial charge in [-0.2, -0.15) is 0 Å². The Labute approximate surface area is 122 Å². The van der Waals surface area contributed by atoms with Crippen molar-refractivity contribution in [2.24, 2.45) is 0 Å². The third kappa shape index (κ3) is 3.73. The molecule has 0 heterocycles. The molecule has 0 aliphatic rings. The number of aryl methyl sites for hydroxylation is 1. The number of rotatable bonds is 6. The minimum Gasteiger partial charge on any atom is -0.398 e. The first-order valence-electron chi connectivity index (χ1n) is 7.12. The van der Waals surface area contributed by atoms with Crippen LogP contribution < -0.4 is 10.5 Å². The molecule has 114 valence electrons. The van der Waals surface area contributed by atoms with Crippen LogP contribution in [0.4, 0.5) is 5.69 Å². The van der Waals surface area contributed by atoms with E-state index in [1.165, 1.54) is 0 Å². The van der Waals surface area contributed by atoms with Gasteiger partial charge in [0.05, 0.1) is 4.90 Å². The lowest BCUT2D eigenvalue weighted by atomic mass is 10.0. The summed E-state index contributed by atoms with van der Waals surface area (Å²) < 4.78 is 28.0. The molecule has 1 aromatic carbocycles. The molecular formula is C15H26N2O2S. The average Bonchev–Trinajstić information content (AvgIpc) is 2.36. The maximum absolute atomic E-state index is 12.6. The lowest BCUT2D eigenvalue weighted by Crippen LogP contribution is -2.43. The van der Waals surface area contributed by atoms with E-state index >= 15 is 0 Å². The SMILES string of the molecule is CCc1cc(N)c(CC)c(S(=O)(=O)NC(C)(C)CC)c1. The van der Waals surface area contributed by atoms with E-state index in [9.17, 15) is 8.42 Å². The Morgan fingerprint density at radius 1 is 1.15 bits per heavy atom. The molecule has 5 heteroatoms. The van der Waals surface area contributed by atoms with E-state index in [0.717, 1.165) is 18.4 Å². The second-order valence-electron chi connectivity index (χ2n) is 5.71. The highest BCUT2D eigenvalue weighted by Crippen LogP contribution is 2.26. The second kappa shape index (κ2) is 6.14. The van der Waals surface area contributed by atoms with E-state index in [-0.39, 0.29) is 0 Å². The molecule has 4 nitrogen and oxygen atoms in total. The van der Waals surface area contributed by atoms with E-state index in [2.05, 4.69) is 4.72 Å². The van der Waals surface area contributed by atoms with Crippen LogP contribution in [-0.2, 0) is 22.9 Å². The Balaban J connectivity index is 3.40. The predicted octanol–water partition coefficient (Wildman–Crippen LogP) is 2.86. The Morgan fingerprint density at radius 3 is 2.20 bits per heavy atom. The highest BCUT2D eigenvalue weighted by molar-refractivity contribution is 7.89. The Hall–Kier alpha value is -1.07. The lowest BCUT2D eigenvalue weighted by molar-refractivity contribution is 0.439. The molecule has 0 aromatic heterocycles. The molecule has 0 unspecified atom stereocenters. The van der Waals surface area contributed by atoms with E-state index in [1.54, 1.807) is 6.07 Å².